The van der Waals surface area contributed by atoms with Crippen molar-refractivity contribution in [2.24, 2.45) is 0 Å². The molecule has 0 radical (unpaired) electrons. The third-order valence-corrected chi connectivity index (χ3v) is 6.14. The predicted molar refractivity (Wildman–Crippen MR) is 102 cm³/mol. The largest absolute Gasteiger partial charge is 0.376 e. The Balaban J connectivity index is 1.56. The van der Waals surface area contributed by atoms with E-state index in [1.807, 2.05) is 0 Å². The summed E-state index contributed by atoms with van der Waals surface area (Å²) in [7, 11) is 0. The van der Waals surface area contributed by atoms with Crippen LogP contribution in [0.15, 0.2) is 18.6 Å². The zero-order chi connectivity index (χ0) is 18.6. The first-order valence-electron chi connectivity index (χ1n) is 9.34. The molecular weight excluding hydrogens is 364 g/mol. The molecule has 3 heterocycles. The number of carbonyl (C=O) groups excluding carboxylic acids is 2. The fourth-order valence-corrected chi connectivity index (χ4v) is 4.86. The van der Waals surface area contributed by atoms with Gasteiger partial charge in [0.05, 0.1) is 17.9 Å². The normalized spacial score (nSPS) is 18.7. The van der Waals surface area contributed by atoms with Crippen molar-refractivity contribution in [1.29, 1.82) is 0 Å². The third-order valence-electron chi connectivity index (χ3n) is 4.94. The number of nitrogens with one attached hydrogen (secondary N) is 2. The van der Waals surface area contributed by atoms with Gasteiger partial charge in [-0.15, -0.1) is 11.3 Å². The number of rotatable bonds is 5. The smallest absolute Gasteiger partial charge is 0.276 e. The van der Waals surface area contributed by atoms with E-state index in [4.69, 9.17) is 4.74 Å². The number of nitrogens with zero attached hydrogens (tertiary/aromatic N) is 2. The molecule has 142 valence electrons. The number of carbonyl (C=O) groups is 2. The molecule has 2 N–H and O–H groups in total. The van der Waals surface area contributed by atoms with Gasteiger partial charge in [0.25, 0.3) is 11.8 Å². The standard InChI is InChI=1S/C19H22N4O3S/c24-17(14-11-20-7-8-21-14)23-19-16(13-5-1-2-6-15(13)27-19)18(25)22-10-12-4-3-9-26-12/h7-8,11-12H,1-6,9-10H2,(H,22,25)(H,23,24)/t12-/m0/s1. The van der Waals surface area contributed by atoms with Crippen LogP contribution in [0.25, 0.3) is 0 Å². The van der Waals surface area contributed by atoms with E-state index in [1.54, 1.807) is 0 Å². The Labute approximate surface area is 161 Å². The van der Waals surface area contributed by atoms with E-state index in [9.17, 15) is 9.59 Å². The Hall–Kier alpha value is -2.32. The van der Waals surface area contributed by atoms with Gasteiger partial charge in [-0.3, -0.25) is 14.6 Å². The minimum Gasteiger partial charge on any atom is -0.376 e. The Bertz CT molecular complexity index is 831. The van der Waals surface area contributed by atoms with Crippen molar-refractivity contribution in [3.8, 4) is 0 Å². The van der Waals surface area contributed by atoms with Crippen molar-refractivity contribution >= 4 is 28.2 Å². The molecule has 2 amide bonds. The first-order chi connectivity index (χ1) is 13.2. The fourth-order valence-electron chi connectivity index (χ4n) is 3.58. The monoisotopic (exact) mass is 386 g/mol. The predicted octanol–water partition coefficient (Wildman–Crippen LogP) is 2.58. The van der Waals surface area contributed by atoms with E-state index in [0.29, 0.717) is 17.1 Å². The highest BCUT2D eigenvalue weighted by Gasteiger charge is 2.27. The lowest BCUT2D eigenvalue weighted by Gasteiger charge is -2.15. The molecule has 0 aromatic carbocycles. The van der Waals surface area contributed by atoms with Gasteiger partial charge in [-0.25, -0.2) is 4.98 Å². The van der Waals surface area contributed by atoms with Gasteiger partial charge < -0.3 is 15.4 Å². The van der Waals surface area contributed by atoms with E-state index >= 15 is 0 Å². The van der Waals surface area contributed by atoms with Crippen LogP contribution in [0.1, 0.15) is 57.0 Å². The van der Waals surface area contributed by atoms with Crippen LogP contribution in [0.5, 0.6) is 0 Å². The van der Waals surface area contributed by atoms with Crippen LogP contribution in [0.2, 0.25) is 0 Å². The molecule has 0 bridgehead atoms. The SMILES string of the molecule is O=C(Nc1sc2c(c1C(=O)NC[C@@H]1CCCO1)CCCC2)c1cnccn1. The highest BCUT2D eigenvalue weighted by atomic mass is 32.1. The Morgan fingerprint density at radius 2 is 2.07 bits per heavy atom. The van der Waals surface area contributed by atoms with Crippen LogP contribution in [-0.2, 0) is 17.6 Å². The molecule has 2 aliphatic rings. The molecule has 2 aromatic rings. The van der Waals surface area contributed by atoms with Gasteiger partial charge in [0.1, 0.15) is 10.7 Å². The molecule has 1 aliphatic heterocycles. The molecule has 0 saturated carbocycles. The summed E-state index contributed by atoms with van der Waals surface area (Å²) in [5.74, 6) is -0.491. The highest BCUT2D eigenvalue weighted by Crippen LogP contribution is 2.38. The van der Waals surface area contributed by atoms with Crippen LogP contribution >= 0.6 is 11.3 Å². The van der Waals surface area contributed by atoms with E-state index in [-0.39, 0.29) is 23.6 Å². The number of anilines is 1. The van der Waals surface area contributed by atoms with Gasteiger partial charge in [-0.1, -0.05) is 0 Å². The molecule has 0 spiro atoms. The number of thiophene rings is 1. The van der Waals surface area contributed by atoms with E-state index in [2.05, 4.69) is 20.6 Å². The van der Waals surface area contributed by atoms with Crippen molar-refractivity contribution < 1.29 is 14.3 Å². The molecule has 0 unspecified atom stereocenters. The molecule has 27 heavy (non-hydrogen) atoms. The van der Waals surface area contributed by atoms with E-state index in [1.165, 1.54) is 34.8 Å². The average molecular weight is 386 g/mol. The molecule has 7 nitrogen and oxygen atoms in total. The highest BCUT2D eigenvalue weighted by molar-refractivity contribution is 7.17. The van der Waals surface area contributed by atoms with Gasteiger partial charge in [-0.05, 0) is 44.1 Å². The summed E-state index contributed by atoms with van der Waals surface area (Å²) in [5.41, 5.74) is 1.91. The van der Waals surface area contributed by atoms with Gasteiger partial charge in [-0.2, -0.15) is 0 Å². The summed E-state index contributed by atoms with van der Waals surface area (Å²) in [6, 6.07) is 0. The number of ether oxygens (including phenoxy) is 1. The van der Waals surface area contributed by atoms with Crippen molar-refractivity contribution in [2.75, 3.05) is 18.5 Å². The third kappa shape index (κ3) is 4.01. The summed E-state index contributed by atoms with van der Waals surface area (Å²) in [4.78, 5) is 34.6. The lowest BCUT2D eigenvalue weighted by Crippen LogP contribution is -2.32. The van der Waals surface area contributed by atoms with Crippen LogP contribution in [-0.4, -0.2) is 41.0 Å². The first kappa shape index (κ1) is 18.1. The van der Waals surface area contributed by atoms with E-state index in [0.717, 1.165) is 50.7 Å². The number of amides is 2. The van der Waals surface area contributed by atoms with Crippen LogP contribution in [0, 0.1) is 0 Å². The summed E-state index contributed by atoms with van der Waals surface area (Å²) >= 11 is 1.50. The molecular formula is C19H22N4O3S. The molecule has 8 heteroatoms. The number of fused-ring (bicyclic) bond motifs is 1. The molecule has 1 fully saturated rings. The maximum atomic E-state index is 12.9. The molecule has 1 aliphatic carbocycles. The lowest BCUT2D eigenvalue weighted by molar-refractivity contribution is 0.0858. The van der Waals surface area contributed by atoms with E-state index < -0.39 is 0 Å². The topological polar surface area (TPSA) is 93.2 Å². The first-order valence-corrected chi connectivity index (χ1v) is 10.2. The van der Waals surface area contributed by atoms with Crippen LogP contribution < -0.4 is 10.6 Å². The van der Waals surface area contributed by atoms with Gasteiger partial charge in [0.2, 0.25) is 0 Å². The Morgan fingerprint density at radius 1 is 1.19 bits per heavy atom. The summed E-state index contributed by atoms with van der Waals surface area (Å²) < 4.78 is 5.59. The molecule has 2 aromatic heterocycles. The van der Waals surface area contributed by atoms with Crippen molar-refractivity contribution in [2.45, 2.75) is 44.6 Å². The average Bonchev–Trinajstić information content (AvgIpc) is 3.34. The number of aryl methyl sites for hydroxylation is 1. The minimum atomic E-state index is -0.352. The summed E-state index contributed by atoms with van der Waals surface area (Å²) in [5, 5.41) is 6.47. The summed E-state index contributed by atoms with van der Waals surface area (Å²) in [6.45, 7) is 1.26. The second-order valence-electron chi connectivity index (χ2n) is 6.80. The zero-order valence-electron chi connectivity index (χ0n) is 15.0. The van der Waals surface area contributed by atoms with Crippen molar-refractivity contribution in [1.82, 2.24) is 15.3 Å². The van der Waals surface area contributed by atoms with Crippen molar-refractivity contribution in [3.05, 3.63) is 40.3 Å². The second-order valence-corrected chi connectivity index (χ2v) is 7.91. The van der Waals surface area contributed by atoms with Gasteiger partial charge in [0.15, 0.2) is 0 Å². The zero-order valence-corrected chi connectivity index (χ0v) is 15.8. The van der Waals surface area contributed by atoms with Gasteiger partial charge in [0, 0.05) is 30.4 Å². The quantitative estimate of drug-likeness (QED) is 0.824. The number of hydrogen-bond acceptors (Lipinski definition) is 6. The van der Waals surface area contributed by atoms with Crippen LogP contribution in [0.3, 0.4) is 0 Å². The maximum absolute atomic E-state index is 12.9. The number of hydrogen-bond donors (Lipinski definition) is 2. The molecule has 4 rings (SSSR count). The van der Waals surface area contributed by atoms with Crippen LogP contribution in [0.4, 0.5) is 5.00 Å². The number of aromatic nitrogens is 2. The van der Waals surface area contributed by atoms with Gasteiger partial charge >= 0.3 is 0 Å². The maximum Gasteiger partial charge on any atom is 0.276 e. The Morgan fingerprint density at radius 3 is 2.85 bits per heavy atom. The molecule has 1 saturated heterocycles. The Kier molecular flexibility index (Phi) is 5.45. The minimum absolute atomic E-state index is 0.0843. The summed E-state index contributed by atoms with van der Waals surface area (Å²) in [6.07, 6.45) is 10.5. The van der Waals surface area contributed by atoms with Crippen molar-refractivity contribution in [3.63, 3.8) is 0 Å². The lowest BCUT2D eigenvalue weighted by atomic mass is 9.95. The fraction of sp³-hybridized carbons (Fsp3) is 0.474. The second kappa shape index (κ2) is 8.14. The molecule has 1 atom stereocenters.